The highest BCUT2D eigenvalue weighted by atomic mass is 16.5. The van der Waals surface area contributed by atoms with Gasteiger partial charge in [0.2, 0.25) is 5.91 Å². The third-order valence-electron chi connectivity index (χ3n) is 3.13. The van der Waals surface area contributed by atoms with Gasteiger partial charge in [-0.1, -0.05) is 6.92 Å². The SMILES string of the molecule is CCNC1COCC1C(=O)Nc1ccc(C(=O)O)nc1. The molecule has 0 aliphatic carbocycles. The van der Waals surface area contributed by atoms with E-state index in [2.05, 4.69) is 15.6 Å². The molecule has 7 heteroatoms. The first-order valence-electron chi connectivity index (χ1n) is 6.43. The van der Waals surface area contributed by atoms with Crippen molar-refractivity contribution in [1.82, 2.24) is 10.3 Å². The lowest BCUT2D eigenvalue weighted by atomic mass is 10.0. The van der Waals surface area contributed by atoms with Gasteiger partial charge in [-0.2, -0.15) is 0 Å². The second-order valence-corrected chi connectivity index (χ2v) is 4.53. The molecular weight excluding hydrogens is 262 g/mol. The molecule has 2 unspecified atom stereocenters. The lowest BCUT2D eigenvalue weighted by Crippen LogP contribution is -2.41. The van der Waals surface area contributed by atoms with Gasteiger partial charge in [0.1, 0.15) is 5.69 Å². The molecule has 0 spiro atoms. The van der Waals surface area contributed by atoms with Gasteiger partial charge in [-0.3, -0.25) is 4.79 Å². The van der Waals surface area contributed by atoms with Crippen LogP contribution in [0.3, 0.4) is 0 Å². The molecule has 2 atom stereocenters. The van der Waals surface area contributed by atoms with Crippen molar-refractivity contribution < 1.29 is 19.4 Å². The minimum atomic E-state index is -1.10. The normalized spacial score (nSPS) is 21.6. The molecule has 2 heterocycles. The number of hydrogen-bond donors (Lipinski definition) is 3. The zero-order valence-electron chi connectivity index (χ0n) is 11.1. The summed E-state index contributed by atoms with van der Waals surface area (Å²) >= 11 is 0. The van der Waals surface area contributed by atoms with Gasteiger partial charge in [0, 0.05) is 6.04 Å². The van der Waals surface area contributed by atoms with Crippen LogP contribution >= 0.6 is 0 Å². The Balaban J connectivity index is 1.98. The van der Waals surface area contributed by atoms with Crippen LogP contribution < -0.4 is 10.6 Å². The van der Waals surface area contributed by atoms with Crippen molar-refractivity contribution in [1.29, 1.82) is 0 Å². The Morgan fingerprint density at radius 3 is 2.85 bits per heavy atom. The highest BCUT2D eigenvalue weighted by Crippen LogP contribution is 2.16. The lowest BCUT2D eigenvalue weighted by Gasteiger charge is -2.17. The quantitative estimate of drug-likeness (QED) is 0.718. The van der Waals surface area contributed by atoms with Gasteiger partial charge in [0.15, 0.2) is 0 Å². The number of likely N-dealkylation sites (N-methyl/N-ethyl adjacent to an activating group) is 1. The van der Waals surface area contributed by atoms with Gasteiger partial charge >= 0.3 is 5.97 Å². The summed E-state index contributed by atoms with van der Waals surface area (Å²) in [6, 6.07) is 2.88. The minimum Gasteiger partial charge on any atom is -0.477 e. The average molecular weight is 279 g/mol. The Kier molecular flexibility index (Phi) is 4.65. The predicted molar refractivity (Wildman–Crippen MR) is 71.6 cm³/mol. The van der Waals surface area contributed by atoms with Crippen LogP contribution in [-0.2, 0) is 9.53 Å². The molecule has 7 nitrogen and oxygen atoms in total. The smallest absolute Gasteiger partial charge is 0.354 e. The summed E-state index contributed by atoms with van der Waals surface area (Å²) in [5.41, 5.74) is 0.417. The number of pyridine rings is 1. The molecule has 1 aromatic rings. The molecule has 0 radical (unpaired) electrons. The standard InChI is InChI=1S/C13H17N3O4/c1-2-14-11-7-20-6-9(11)12(17)16-8-3-4-10(13(18)19)15-5-8/h3-5,9,11,14H,2,6-7H2,1H3,(H,16,17)(H,18,19). The van der Waals surface area contributed by atoms with Crippen LogP contribution in [0.25, 0.3) is 0 Å². The number of hydrogen-bond acceptors (Lipinski definition) is 5. The Morgan fingerprint density at radius 2 is 2.25 bits per heavy atom. The van der Waals surface area contributed by atoms with Crippen molar-refractivity contribution in [2.75, 3.05) is 25.1 Å². The van der Waals surface area contributed by atoms with Crippen LogP contribution in [0.2, 0.25) is 0 Å². The van der Waals surface area contributed by atoms with Crippen LogP contribution in [0, 0.1) is 5.92 Å². The molecule has 0 bridgehead atoms. The largest absolute Gasteiger partial charge is 0.477 e. The Morgan fingerprint density at radius 1 is 1.45 bits per heavy atom. The predicted octanol–water partition coefficient (Wildman–Crippen LogP) is 0.343. The number of carboxylic acids is 1. The van der Waals surface area contributed by atoms with E-state index >= 15 is 0 Å². The fourth-order valence-electron chi connectivity index (χ4n) is 2.11. The van der Waals surface area contributed by atoms with Crippen LogP contribution in [0.4, 0.5) is 5.69 Å². The van der Waals surface area contributed by atoms with E-state index in [-0.39, 0.29) is 23.6 Å². The fraction of sp³-hybridized carbons (Fsp3) is 0.462. The summed E-state index contributed by atoms with van der Waals surface area (Å²) in [4.78, 5) is 26.6. The monoisotopic (exact) mass is 279 g/mol. The summed E-state index contributed by atoms with van der Waals surface area (Å²) < 4.78 is 5.32. The number of aromatic carboxylic acids is 1. The first kappa shape index (κ1) is 14.4. The van der Waals surface area contributed by atoms with E-state index in [4.69, 9.17) is 9.84 Å². The van der Waals surface area contributed by atoms with Crippen LogP contribution in [0.1, 0.15) is 17.4 Å². The maximum absolute atomic E-state index is 12.1. The fourth-order valence-corrected chi connectivity index (χ4v) is 2.11. The summed E-state index contributed by atoms with van der Waals surface area (Å²) in [6.45, 7) is 3.64. The van der Waals surface area contributed by atoms with Crippen molar-refractivity contribution in [3.8, 4) is 0 Å². The number of anilines is 1. The molecule has 1 fully saturated rings. The molecule has 2 rings (SSSR count). The first-order chi connectivity index (χ1) is 9.61. The maximum atomic E-state index is 12.1. The molecule has 1 aliphatic rings. The van der Waals surface area contributed by atoms with Crippen LogP contribution in [-0.4, -0.2) is 47.8 Å². The molecular formula is C13H17N3O4. The van der Waals surface area contributed by atoms with Gasteiger partial charge in [-0.15, -0.1) is 0 Å². The highest BCUT2D eigenvalue weighted by Gasteiger charge is 2.33. The van der Waals surface area contributed by atoms with Gasteiger partial charge in [-0.05, 0) is 18.7 Å². The number of ether oxygens (including phenoxy) is 1. The minimum absolute atomic E-state index is 0.00579. The van der Waals surface area contributed by atoms with Crippen molar-refractivity contribution in [3.63, 3.8) is 0 Å². The number of nitrogens with one attached hydrogen (secondary N) is 2. The van der Waals surface area contributed by atoms with Crippen molar-refractivity contribution >= 4 is 17.6 Å². The van der Waals surface area contributed by atoms with Crippen LogP contribution in [0.5, 0.6) is 0 Å². The molecule has 1 amide bonds. The molecule has 0 aromatic carbocycles. The van der Waals surface area contributed by atoms with Crippen molar-refractivity contribution in [3.05, 3.63) is 24.0 Å². The molecule has 1 saturated heterocycles. The summed E-state index contributed by atoms with van der Waals surface area (Å²) in [6.07, 6.45) is 1.33. The van der Waals surface area contributed by atoms with E-state index in [1.165, 1.54) is 18.3 Å². The number of carbonyl (C=O) groups is 2. The third-order valence-corrected chi connectivity index (χ3v) is 3.13. The van der Waals surface area contributed by atoms with E-state index in [9.17, 15) is 9.59 Å². The van der Waals surface area contributed by atoms with Gasteiger partial charge in [0.05, 0.1) is 31.0 Å². The molecule has 1 aliphatic heterocycles. The van der Waals surface area contributed by atoms with E-state index in [1.807, 2.05) is 6.92 Å². The molecule has 0 saturated carbocycles. The topological polar surface area (TPSA) is 101 Å². The lowest BCUT2D eigenvalue weighted by molar-refractivity contribution is -0.120. The molecule has 1 aromatic heterocycles. The number of carbonyl (C=O) groups excluding carboxylic acids is 1. The number of aromatic nitrogens is 1. The van der Waals surface area contributed by atoms with Gasteiger partial charge in [0.25, 0.3) is 0 Å². The summed E-state index contributed by atoms with van der Waals surface area (Å²) in [5.74, 6) is -1.51. The molecule has 20 heavy (non-hydrogen) atoms. The Hall–Kier alpha value is -1.99. The molecule has 3 N–H and O–H groups in total. The van der Waals surface area contributed by atoms with Crippen LogP contribution in [0.15, 0.2) is 18.3 Å². The van der Waals surface area contributed by atoms with E-state index in [0.717, 1.165) is 6.54 Å². The Bertz CT molecular complexity index is 489. The zero-order chi connectivity index (χ0) is 14.5. The summed E-state index contributed by atoms with van der Waals surface area (Å²) in [5, 5.41) is 14.7. The highest BCUT2D eigenvalue weighted by molar-refractivity contribution is 5.93. The maximum Gasteiger partial charge on any atom is 0.354 e. The summed E-state index contributed by atoms with van der Waals surface area (Å²) in [7, 11) is 0. The number of carboxylic acid groups (broad SMARTS) is 1. The van der Waals surface area contributed by atoms with E-state index < -0.39 is 5.97 Å². The first-order valence-corrected chi connectivity index (χ1v) is 6.43. The number of nitrogens with zero attached hydrogens (tertiary/aromatic N) is 1. The second-order valence-electron chi connectivity index (χ2n) is 4.53. The van der Waals surface area contributed by atoms with Crippen molar-refractivity contribution in [2.45, 2.75) is 13.0 Å². The zero-order valence-corrected chi connectivity index (χ0v) is 11.1. The average Bonchev–Trinajstić information content (AvgIpc) is 2.88. The number of amides is 1. The van der Waals surface area contributed by atoms with Gasteiger partial charge < -0.3 is 20.5 Å². The van der Waals surface area contributed by atoms with Gasteiger partial charge in [-0.25, -0.2) is 9.78 Å². The van der Waals surface area contributed by atoms with E-state index in [1.54, 1.807) is 0 Å². The van der Waals surface area contributed by atoms with E-state index in [0.29, 0.717) is 18.9 Å². The Labute approximate surface area is 116 Å². The van der Waals surface area contributed by atoms with Crippen molar-refractivity contribution in [2.24, 2.45) is 5.92 Å². The third kappa shape index (κ3) is 3.31. The second kappa shape index (κ2) is 6.44. The number of rotatable bonds is 5. The molecule has 108 valence electrons.